The SMILES string of the molecule is C=CCCCC(Br)c1ccccc1. The molecule has 0 radical (unpaired) electrons. The number of benzene rings is 1. The van der Waals surface area contributed by atoms with Crippen molar-refractivity contribution < 1.29 is 0 Å². The zero-order valence-corrected chi connectivity index (χ0v) is 9.33. The Morgan fingerprint density at radius 3 is 2.62 bits per heavy atom. The Balaban J connectivity index is 2.39. The summed E-state index contributed by atoms with van der Waals surface area (Å²) in [6.45, 7) is 3.71. The van der Waals surface area contributed by atoms with E-state index >= 15 is 0 Å². The predicted octanol–water partition coefficient (Wildman–Crippen LogP) is 4.48. The molecular formula is C12H15Br. The molecule has 1 unspecified atom stereocenters. The topological polar surface area (TPSA) is 0 Å². The highest BCUT2D eigenvalue weighted by Gasteiger charge is 2.04. The van der Waals surface area contributed by atoms with Gasteiger partial charge in [-0.15, -0.1) is 6.58 Å². The lowest BCUT2D eigenvalue weighted by atomic mass is 10.1. The molecule has 1 atom stereocenters. The fourth-order valence-corrected chi connectivity index (χ4v) is 1.90. The summed E-state index contributed by atoms with van der Waals surface area (Å²) < 4.78 is 0. The standard InChI is InChI=1S/C12H15Br/c1-2-3-5-10-12(13)11-8-6-4-7-9-11/h2,4,6-9,12H,1,3,5,10H2. The van der Waals surface area contributed by atoms with Crippen LogP contribution < -0.4 is 0 Å². The van der Waals surface area contributed by atoms with Crippen molar-refractivity contribution in [3.05, 3.63) is 48.6 Å². The summed E-state index contributed by atoms with van der Waals surface area (Å²) in [6.07, 6.45) is 5.46. The molecule has 0 nitrogen and oxygen atoms in total. The summed E-state index contributed by atoms with van der Waals surface area (Å²) in [6, 6.07) is 10.5. The molecule has 0 aromatic heterocycles. The molecule has 0 aliphatic rings. The third kappa shape index (κ3) is 3.77. The van der Waals surface area contributed by atoms with E-state index in [-0.39, 0.29) is 0 Å². The molecule has 13 heavy (non-hydrogen) atoms. The van der Waals surface area contributed by atoms with E-state index in [1.54, 1.807) is 0 Å². The second-order valence-electron chi connectivity index (χ2n) is 3.10. The molecule has 1 rings (SSSR count). The van der Waals surface area contributed by atoms with Gasteiger partial charge in [0.2, 0.25) is 0 Å². The Morgan fingerprint density at radius 2 is 2.00 bits per heavy atom. The summed E-state index contributed by atoms with van der Waals surface area (Å²) in [5.74, 6) is 0. The van der Waals surface area contributed by atoms with E-state index in [1.807, 2.05) is 12.1 Å². The number of alkyl halides is 1. The quantitative estimate of drug-likeness (QED) is 0.403. The second-order valence-corrected chi connectivity index (χ2v) is 4.20. The number of unbranched alkanes of at least 4 members (excludes halogenated alkanes) is 1. The maximum absolute atomic E-state index is 3.71. The maximum atomic E-state index is 3.71. The predicted molar refractivity (Wildman–Crippen MR) is 62.2 cm³/mol. The van der Waals surface area contributed by atoms with Crippen LogP contribution in [0.15, 0.2) is 43.0 Å². The van der Waals surface area contributed by atoms with Gasteiger partial charge in [0.05, 0.1) is 0 Å². The smallest absolute Gasteiger partial charge is 0.0395 e. The van der Waals surface area contributed by atoms with Gasteiger partial charge in [-0.1, -0.05) is 52.3 Å². The highest BCUT2D eigenvalue weighted by molar-refractivity contribution is 9.09. The van der Waals surface area contributed by atoms with Gasteiger partial charge in [-0.25, -0.2) is 0 Å². The van der Waals surface area contributed by atoms with Gasteiger partial charge < -0.3 is 0 Å². The second kappa shape index (κ2) is 5.98. The average molecular weight is 239 g/mol. The van der Waals surface area contributed by atoms with Crippen LogP contribution in [0.4, 0.5) is 0 Å². The van der Waals surface area contributed by atoms with Crippen LogP contribution in [0.5, 0.6) is 0 Å². The van der Waals surface area contributed by atoms with Crippen molar-refractivity contribution in [1.29, 1.82) is 0 Å². The van der Waals surface area contributed by atoms with E-state index in [2.05, 4.69) is 46.8 Å². The first kappa shape index (κ1) is 10.5. The molecule has 0 saturated heterocycles. The lowest BCUT2D eigenvalue weighted by Gasteiger charge is -2.08. The summed E-state index contributed by atoms with van der Waals surface area (Å²) in [5, 5.41) is 0. The van der Waals surface area contributed by atoms with E-state index in [4.69, 9.17) is 0 Å². The Labute approximate surface area is 88.8 Å². The van der Waals surface area contributed by atoms with Crippen LogP contribution in [-0.4, -0.2) is 0 Å². The molecule has 1 aromatic rings. The van der Waals surface area contributed by atoms with Crippen molar-refractivity contribution in [1.82, 2.24) is 0 Å². The third-order valence-electron chi connectivity index (χ3n) is 2.03. The summed E-state index contributed by atoms with van der Waals surface area (Å²) in [4.78, 5) is 0.494. The van der Waals surface area contributed by atoms with Crippen LogP contribution in [0.2, 0.25) is 0 Å². The fraction of sp³-hybridized carbons (Fsp3) is 0.333. The first-order valence-electron chi connectivity index (χ1n) is 4.64. The molecule has 1 aromatic carbocycles. The molecule has 0 saturated carbocycles. The van der Waals surface area contributed by atoms with Crippen LogP contribution in [0, 0.1) is 0 Å². The van der Waals surface area contributed by atoms with Gasteiger partial charge in [0, 0.05) is 4.83 Å². The summed E-state index contributed by atoms with van der Waals surface area (Å²) in [7, 11) is 0. The zero-order chi connectivity index (χ0) is 9.52. The van der Waals surface area contributed by atoms with Gasteiger partial charge >= 0.3 is 0 Å². The lowest BCUT2D eigenvalue weighted by Crippen LogP contribution is -1.88. The number of hydrogen-bond acceptors (Lipinski definition) is 0. The lowest BCUT2D eigenvalue weighted by molar-refractivity contribution is 0.743. The summed E-state index contributed by atoms with van der Waals surface area (Å²) in [5.41, 5.74) is 1.37. The van der Waals surface area contributed by atoms with Crippen LogP contribution in [-0.2, 0) is 0 Å². The minimum atomic E-state index is 0.494. The van der Waals surface area contributed by atoms with E-state index in [0.29, 0.717) is 4.83 Å². The maximum Gasteiger partial charge on any atom is 0.0395 e. The number of allylic oxidation sites excluding steroid dienone is 1. The normalized spacial score (nSPS) is 12.4. The van der Waals surface area contributed by atoms with Crippen LogP contribution in [0.1, 0.15) is 29.7 Å². The molecule has 0 bridgehead atoms. The molecule has 0 fully saturated rings. The molecule has 1 heteroatoms. The third-order valence-corrected chi connectivity index (χ3v) is 3.01. The van der Waals surface area contributed by atoms with Crippen LogP contribution in [0.25, 0.3) is 0 Å². The average Bonchev–Trinajstić information content (AvgIpc) is 2.19. The molecular weight excluding hydrogens is 224 g/mol. The van der Waals surface area contributed by atoms with Gasteiger partial charge in [0.15, 0.2) is 0 Å². The van der Waals surface area contributed by atoms with Gasteiger partial charge in [0.1, 0.15) is 0 Å². The number of rotatable bonds is 5. The highest BCUT2D eigenvalue weighted by atomic mass is 79.9. The minimum Gasteiger partial charge on any atom is -0.103 e. The van der Waals surface area contributed by atoms with Gasteiger partial charge in [0.25, 0.3) is 0 Å². The van der Waals surface area contributed by atoms with Crippen molar-refractivity contribution in [3.63, 3.8) is 0 Å². The van der Waals surface area contributed by atoms with Gasteiger partial charge in [-0.05, 0) is 24.8 Å². The fourth-order valence-electron chi connectivity index (χ4n) is 1.27. The van der Waals surface area contributed by atoms with E-state index < -0.39 is 0 Å². The van der Waals surface area contributed by atoms with E-state index in [1.165, 1.54) is 18.4 Å². The number of halogens is 1. The first-order chi connectivity index (χ1) is 6.34. The molecule has 0 aliphatic heterocycles. The molecule has 0 N–H and O–H groups in total. The Bertz CT molecular complexity index is 241. The van der Waals surface area contributed by atoms with Gasteiger partial charge in [-0.2, -0.15) is 0 Å². The van der Waals surface area contributed by atoms with Gasteiger partial charge in [-0.3, -0.25) is 0 Å². The highest BCUT2D eigenvalue weighted by Crippen LogP contribution is 2.27. The van der Waals surface area contributed by atoms with Crippen molar-refractivity contribution in [2.24, 2.45) is 0 Å². The number of hydrogen-bond donors (Lipinski definition) is 0. The van der Waals surface area contributed by atoms with Crippen LogP contribution in [0.3, 0.4) is 0 Å². The van der Waals surface area contributed by atoms with Crippen molar-refractivity contribution in [2.45, 2.75) is 24.1 Å². The molecule has 70 valence electrons. The zero-order valence-electron chi connectivity index (χ0n) is 7.75. The Kier molecular flexibility index (Phi) is 4.84. The van der Waals surface area contributed by atoms with E-state index in [0.717, 1.165) is 6.42 Å². The monoisotopic (exact) mass is 238 g/mol. The van der Waals surface area contributed by atoms with Crippen molar-refractivity contribution in [2.75, 3.05) is 0 Å². The van der Waals surface area contributed by atoms with E-state index in [9.17, 15) is 0 Å². The molecule has 0 aliphatic carbocycles. The molecule has 0 heterocycles. The molecule has 0 amide bonds. The largest absolute Gasteiger partial charge is 0.103 e. The van der Waals surface area contributed by atoms with Crippen molar-refractivity contribution in [3.8, 4) is 0 Å². The summed E-state index contributed by atoms with van der Waals surface area (Å²) >= 11 is 3.68. The Hall–Kier alpha value is -0.560. The minimum absolute atomic E-state index is 0.494. The van der Waals surface area contributed by atoms with Crippen LogP contribution >= 0.6 is 15.9 Å². The Morgan fingerprint density at radius 1 is 1.31 bits per heavy atom. The molecule has 0 spiro atoms. The first-order valence-corrected chi connectivity index (χ1v) is 5.56. The van der Waals surface area contributed by atoms with Crippen molar-refractivity contribution >= 4 is 15.9 Å².